The van der Waals surface area contributed by atoms with Crippen molar-refractivity contribution in [3.05, 3.63) is 66.2 Å². The van der Waals surface area contributed by atoms with Gasteiger partial charge < -0.3 is 10.2 Å². The van der Waals surface area contributed by atoms with E-state index in [0.717, 1.165) is 37.4 Å². The lowest BCUT2D eigenvalue weighted by atomic mass is 10.2. The Bertz CT molecular complexity index is 594. The molecule has 0 aromatic heterocycles. The van der Waals surface area contributed by atoms with Crippen molar-refractivity contribution < 1.29 is 4.79 Å². The number of anilines is 1. The maximum atomic E-state index is 12.9. The van der Waals surface area contributed by atoms with Gasteiger partial charge in [-0.3, -0.25) is 4.90 Å². The maximum absolute atomic E-state index is 12.9. The summed E-state index contributed by atoms with van der Waals surface area (Å²) in [6.45, 7) is 3.79. The van der Waals surface area contributed by atoms with Crippen LogP contribution in [0.1, 0.15) is 5.56 Å². The highest BCUT2D eigenvalue weighted by atomic mass is 16.2. The largest absolute Gasteiger partial charge is 0.324 e. The predicted molar refractivity (Wildman–Crippen MR) is 87.7 cm³/mol. The number of piperazine rings is 1. The second kappa shape index (κ2) is 7.09. The van der Waals surface area contributed by atoms with Gasteiger partial charge in [-0.2, -0.15) is 0 Å². The van der Waals surface area contributed by atoms with Gasteiger partial charge in [0.05, 0.1) is 6.54 Å². The van der Waals surface area contributed by atoms with Crippen LogP contribution in [0.5, 0.6) is 0 Å². The number of nitrogens with one attached hydrogen (secondary N) is 1. The molecule has 2 aromatic rings. The summed E-state index contributed by atoms with van der Waals surface area (Å²) in [5.74, 6) is 0. The SMILES string of the molecule is O=C(N1CCNCC1)N(Cc1ccccc1)c1cc[c]cc1. The molecule has 1 N–H and O–H groups in total. The third-order valence-electron chi connectivity index (χ3n) is 3.81. The summed E-state index contributed by atoms with van der Waals surface area (Å²) >= 11 is 0. The minimum atomic E-state index is 0.0663. The lowest BCUT2D eigenvalue weighted by Gasteiger charge is -2.33. The van der Waals surface area contributed by atoms with E-state index in [-0.39, 0.29) is 6.03 Å². The van der Waals surface area contributed by atoms with Gasteiger partial charge in [-0.25, -0.2) is 4.79 Å². The van der Waals surface area contributed by atoms with E-state index < -0.39 is 0 Å². The molecular weight excluding hydrogens is 274 g/mol. The molecule has 4 nitrogen and oxygen atoms in total. The summed E-state index contributed by atoms with van der Waals surface area (Å²) < 4.78 is 0. The summed E-state index contributed by atoms with van der Waals surface area (Å²) in [7, 11) is 0. The Labute approximate surface area is 131 Å². The number of carbonyl (C=O) groups is 1. The molecule has 2 aromatic carbocycles. The van der Waals surface area contributed by atoms with E-state index in [0.29, 0.717) is 6.54 Å². The molecule has 2 amide bonds. The van der Waals surface area contributed by atoms with Gasteiger partial charge in [-0.1, -0.05) is 42.5 Å². The van der Waals surface area contributed by atoms with Crippen molar-refractivity contribution in [1.29, 1.82) is 0 Å². The molecule has 0 saturated carbocycles. The predicted octanol–water partition coefficient (Wildman–Crippen LogP) is 2.52. The topological polar surface area (TPSA) is 35.6 Å². The maximum Gasteiger partial charge on any atom is 0.324 e. The number of amides is 2. The Morgan fingerprint density at radius 1 is 1.09 bits per heavy atom. The normalized spacial score (nSPS) is 14.6. The van der Waals surface area contributed by atoms with Gasteiger partial charge in [0.25, 0.3) is 0 Å². The number of carbonyl (C=O) groups excluding carboxylic acids is 1. The zero-order valence-electron chi connectivity index (χ0n) is 12.5. The van der Waals surface area contributed by atoms with Crippen molar-refractivity contribution >= 4 is 11.7 Å². The van der Waals surface area contributed by atoms with Crippen molar-refractivity contribution in [1.82, 2.24) is 10.2 Å². The molecular formula is C18H20N3O. The molecule has 1 saturated heterocycles. The highest BCUT2D eigenvalue weighted by molar-refractivity contribution is 5.92. The smallest absolute Gasteiger partial charge is 0.322 e. The highest BCUT2D eigenvalue weighted by Gasteiger charge is 2.23. The van der Waals surface area contributed by atoms with E-state index in [4.69, 9.17) is 0 Å². The van der Waals surface area contributed by atoms with Crippen LogP contribution in [0.4, 0.5) is 10.5 Å². The Balaban J connectivity index is 1.84. The zero-order chi connectivity index (χ0) is 15.2. The van der Waals surface area contributed by atoms with Crippen LogP contribution in [0, 0.1) is 6.07 Å². The van der Waals surface area contributed by atoms with Crippen LogP contribution in [0.2, 0.25) is 0 Å². The van der Waals surface area contributed by atoms with Gasteiger partial charge in [0.15, 0.2) is 0 Å². The summed E-state index contributed by atoms with van der Waals surface area (Å²) in [4.78, 5) is 16.7. The zero-order valence-corrected chi connectivity index (χ0v) is 12.5. The average Bonchev–Trinajstić information content (AvgIpc) is 2.61. The Hall–Kier alpha value is -2.33. The molecule has 1 aliphatic rings. The summed E-state index contributed by atoms with van der Waals surface area (Å²) in [6.07, 6.45) is 0. The van der Waals surface area contributed by atoms with Crippen LogP contribution in [-0.2, 0) is 6.54 Å². The molecule has 1 radical (unpaired) electrons. The highest BCUT2D eigenvalue weighted by Crippen LogP contribution is 2.19. The van der Waals surface area contributed by atoms with E-state index in [1.807, 2.05) is 64.4 Å². The fourth-order valence-electron chi connectivity index (χ4n) is 2.62. The van der Waals surface area contributed by atoms with Gasteiger partial charge in [0.2, 0.25) is 0 Å². The first-order valence-corrected chi connectivity index (χ1v) is 7.62. The molecule has 0 unspecified atom stereocenters. The standard InChI is InChI=1S/C18H20N3O/c22-18(20-13-11-19-12-14-20)21(17-9-5-2-6-10-17)15-16-7-3-1-4-8-16/h1,3-10,19H,11-15H2. The lowest BCUT2D eigenvalue weighted by molar-refractivity contribution is 0.196. The van der Waals surface area contributed by atoms with Crippen LogP contribution in [0.3, 0.4) is 0 Å². The van der Waals surface area contributed by atoms with E-state index in [9.17, 15) is 4.79 Å². The quantitative estimate of drug-likeness (QED) is 0.944. The van der Waals surface area contributed by atoms with Gasteiger partial charge in [0, 0.05) is 31.9 Å². The van der Waals surface area contributed by atoms with E-state index in [1.54, 1.807) is 0 Å². The monoisotopic (exact) mass is 294 g/mol. The van der Waals surface area contributed by atoms with E-state index >= 15 is 0 Å². The molecule has 0 spiro atoms. The van der Waals surface area contributed by atoms with Crippen molar-refractivity contribution in [2.45, 2.75) is 6.54 Å². The first kappa shape index (κ1) is 14.6. The molecule has 1 fully saturated rings. The third kappa shape index (κ3) is 3.46. The van der Waals surface area contributed by atoms with E-state index in [2.05, 4.69) is 11.4 Å². The van der Waals surface area contributed by atoms with Gasteiger partial charge >= 0.3 is 6.03 Å². The summed E-state index contributed by atoms with van der Waals surface area (Å²) in [5.41, 5.74) is 2.03. The average molecular weight is 294 g/mol. The molecule has 113 valence electrons. The minimum Gasteiger partial charge on any atom is -0.322 e. The van der Waals surface area contributed by atoms with Gasteiger partial charge in [0.1, 0.15) is 0 Å². The number of benzene rings is 2. The number of rotatable bonds is 3. The fourth-order valence-corrected chi connectivity index (χ4v) is 2.62. The van der Waals surface area contributed by atoms with Crippen LogP contribution >= 0.6 is 0 Å². The first-order valence-electron chi connectivity index (χ1n) is 7.62. The van der Waals surface area contributed by atoms with Crippen LogP contribution < -0.4 is 10.2 Å². The molecule has 3 rings (SSSR count). The molecule has 4 heteroatoms. The number of hydrogen-bond donors (Lipinski definition) is 1. The summed E-state index contributed by atoms with van der Waals surface area (Å²) in [6, 6.07) is 20.7. The number of nitrogens with zero attached hydrogens (tertiary/aromatic N) is 2. The van der Waals surface area contributed by atoms with Crippen molar-refractivity contribution in [2.75, 3.05) is 31.1 Å². The molecule has 22 heavy (non-hydrogen) atoms. The van der Waals surface area contributed by atoms with Crippen molar-refractivity contribution in [3.63, 3.8) is 0 Å². The van der Waals surface area contributed by atoms with Gasteiger partial charge in [-0.15, -0.1) is 0 Å². The Kier molecular flexibility index (Phi) is 4.71. The van der Waals surface area contributed by atoms with Gasteiger partial charge in [-0.05, 0) is 23.8 Å². The van der Waals surface area contributed by atoms with Crippen LogP contribution in [-0.4, -0.2) is 37.1 Å². The Morgan fingerprint density at radius 3 is 2.45 bits per heavy atom. The second-order valence-corrected chi connectivity index (χ2v) is 5.35. The number of hydrogen-bond acceptors (Lipinski definition) is 2. The molecule has 0 aliphatic carbocycles. The second-order valence-electron chi connectivity index (χ2n) is 5.35. The number of urea groups is 1. The molecule has 0 bridgehead atoms. The minimum absolute atomic E-state index is 0.0663. The fraction of sp³-hybridized carbons (Fsp3) is 0.278. The molecule has 1 heterocycles. The lowest BCUT2D eigenvalue weighted by Crippen LogP contribution is -2.51. The van der Waals surface area contributed by atoms with Crippen LogP contribution in [0.25, 0.3) is 0 Å². The summed E-state index contributed by atoms with van der Waals surface area (Å²) in [5, 5.41) is 3.28. The van der Waals surface area contributed by atoms with Crippen molar-refractivity contribution in [2.24, 2.45) is 0 Å². The first-order chi connectivity index (χ1) is 10.8. The van der Waals surface area contributed by atoms with E-state index in [1.165, 1.54) is 0 Å². The molecule has 1 aliphatic heterocycles. The Morgan fingerprint density at radius 2 is 1.77 bits per heavy atom. The van der Waals surface area contributed by atoms with Crippen LogP contribution in [0.15, 0.2) is 54.6 Å². The van der Waals surface area contributed by atoms with Crippen molar-refractivity contribution in [3.8, 4) is 0 Å². The molecule has 0 atom stereocenters. The third-order valence-corrected chi connectivity index (χ3v) is 3.81.